The molecule has 4 heteroatoms. The van der Waals surface area contributed by atoms with E-state index in [1.807, 2.05) is 49.4 Å². The molecule has 0 radical (unpaired) electrons. The highest BCUT2D eigenvalue weighted by molar-refractivity contribution is 5.80. The first-order valence-corrected chi connectivity index (χ1v) is 9.06. The molecule has 2 unspecified atom stereocenters. The number of benzene rings is 2. The minimum Gasteiger partial charge on any atom is -0.494 e. The van der Waals surface area contributed by atoms with Crippen LogP contribution in [0, 0.1) is 5.92 Å². The summed E-state index contributed by atoms with van der Waals surface area (Å²) < 4.78 is 5.53. The van der Waals surface area contributed by atoms with E-state index in [-0.39, 0.29) is 17.9 Å². The molecule has 3 rings (SSSR count). The molecular weight excluding hydrogens is 312 g/mol. The summed E-state index contributed by atoms with van der Waals surface area (Å²) >= 11 is 0. The van der Waals surface area contributed by atoms with E-state index >= 15 is 0 Å². The van der Waals surface area contributed by atoms with E-state index in [1.165, 1.54) is 0 Å². The molecule has 1 fully saturated rings. The van der Waals surface area contributed by atoms with Crippen molar-refractivity contribution in [2.45, 2.75) is 25.8 Å². The Morgan fingerprint density at radius 1 is 1.16 bits per heavy atom. The fraction of sp³-hybridized carbons (Fsp3) is 0.381. The van der Waals surface area contributed by atoms with Gasteiger partial charge >= 0.3 is 0 Å². The highest BCUT2D eigenvalue weighted by Gasteiger charge is 2.24. The van der Waals surface area contributed by atoms with E-state index in [1.54, 1.807) is 0 Å². The molecule has 4 nitrogen and oxygen atoms in total. The number of ether oxygens (including phenoxy) is 1. The number of carbonyl (C=O) groups is 1. The maximum absolute atomic E-state index is 12.7. The molecule has 2 atom stereocenters. The summed E-state index contributed by atoms with van der Waals surface area (Å²) in [4.78, 5) is 12.7. The molecule has 2 aromatic rings. The molecule has 1 aliphatic heterocycles. The Labute approximate surface area is 149 Å². The van der Waals surface area contributed by atoms with Gasteiger partial charge in [-0.25, -0.2) is 0 Å². The lowest BCUT2D eigenvalue weighted by Crippen LogP contribution is -2.42. The van der Waals surface area contributed by atoms with E-state index in [0.29, 0.717) is 6.61 Å². The minimum atomic E-state index is -0.147. The molecule has 1 amide bonds. The van der Waals surface area contributed by atoms with Crippen LogP contribution in [0.3, 0.4) is 0 Å². The van der Waals surface area contributed by atoms with Gasteiger partial charge in [0.2, 0.25) is 5.91 Å². The summed E-state index contributed by atoms with van der Waals surface area (Å²) in [6.45, 7) is 4.38. The van der Waals surface area contributed by atoms with Crippen LogP contribution in [0.5, 0.6) is 5.75 Å². The summed E-state index contributed by atoms with van der Waals surface area (Å²) in [5, 5.41) is 6.56. The molecule has 0 bridgehead atoms. The Bertz CT molecular complexity index is 664. The molecule has 0 saturated carbocycles. The van der Waals surface area contributed by atoms with Crippen LogP contribution in [-0.4, -0.2) is 25.6 Å². The number of amides is 1. The van der Waals surface area contributed by atoms with Gasteiger partial charge in [0.05, 0.1) is 18.6 Å². The molecule has 132 valence electrons. The zero-order chi connectivity index (χ0) is 17.5. The number of rotatable bonds is 6. The van der Waals surface area contributed by atoms with Crippen molar-refractivity contribution in [1.29, 1.82) is 0 Å². The van der Waals surface area contributed by atoms with Crippen LogP contribution in [0.25, 0.3) is 0 Å². The lowest BCUT2D eigenvalue weighted by atomic mass is 9.95. The smallest absolute Gasteiger partial charge is 0.225 e. The first kappa shape index (κ1) is 17.5. The number of carbonyl (C=O) groups excluding carboxylic acids is 1. The van der Waals surface area contributed by atoms with Crippen LogP contribution in [0.15, 0.2) is 54.6 Å². The number of hydrogen-bond acceptors (Lipinski definition) is 3. The molecule has 0 aliphatic carbocycles. The Hall–Kier alpha value is -2.33. The maximum atomic E-state index is 12.7. The fourth-order valence-corrected chi connectivity index (χ4v) is 3.26. The van der Waals surface area contributed by atoms with Gasteiger partial charge in [-0.15, -0.1) is 0 Å². The predicted molar refractivity (Wildman–Crippen MR) is 99.6 cm³/mol. The minimum absolute atomic E-state index is 0.0441. The summed E-state index contributed by atoms with van der Waals surface area (Å²) in [6, 6.07) is 17.9. The van der Waals surface area contributed by atoms with E-state index in [9.17, 15) is 4.79 Å². The Kier molecular flexibility index (Phi) is 6.07. The third-order valence-electron chi connectivity index (χ3n) is 4.61. The van der Waals surface area contributed by atoms with Gasteiger partial charge in [0.15, 0.2) is 0 Å². The van der Waals surface area contributed by atoms with Crippen LogP contribution in [-0.2, 0) is 4.79 Å². The number of hydrogen-bond donors (Lipinski definition) is 2. The molecular formula is C21H26N2O2. The third kappa shape index (κ3) is 4.60. The zero-order valence-electron chi connectivity index (χ0n) is 14.7. The van der Waals surface area contributed by atoms with Crippen molar-refractivity contribution >= 4 is 5.91 Å². The molecule has 25 heavy (non-hydrogen) atoms. The van der Waals surface area contributed by atoms with Crippen LogP contribution in [0.4, 0.5) is 0 Å². The van der Waals surface area contributed by atoms with Crippen LogP contribution >= 0.6 is 0 Å². The second-order valence-corrected chi connectivity index (χ2v) is 6.40. The summed E-state index contributed by atoms with van der Waals surface area (Å²) in [7, 11) is 0. The van der Waals surface area contributed by atoms with Gasteiger partial charge in [-0.3, -0.25) is 4.79 Å². The standard InChI is InChI=1S/C21H26N2O2/c1-2-25-19-12-10-17(11-13-19)20(16-7-4-3-5-8-16)23-21(24)18-9-6-14-22-15-18/h3-5,7-8,10-13,18,20,22H,2,6,9,14-15H2,1H3,(H,23,24). The van der Waals surface area contributed by atoms with E-state index in [2.05, 4.69) is 22.8 Å². The predicted octanol–water partition coefficient (Wildman–Crippen LogP) is 3.29. The number of nitrogens with one attached hydrogen (secondary N) is 2. The SMILES string of the molecule is CCOc1ccc(C(NC(=O)C2CCCNC2)c2ccccc2)cc1. The van der Waals surface area contributed by atoms with Crippen molar-refractivity contribution in [2.24, 2.45) is 5.92 Å². The van der Waals surface area contributed by atoms with Gasteiger partial charge in [-0.2, -0.15) is 0 Å². The van der Waals surface area contributed by atoms with E-state index in [0.717, 1.165) is 42.8 Å². The first-order valence-electron chi connectivity index (χ1n) is 9.06. The molecule has 1 heterocycles. The molecule has 1 saturated heterocycles. The van der Waals surface area contributed by atoms with Gasteiger partial charge in [0.1, 0.15) is 5.75 Å². The van der Waals surface area contributed by atoms with E-state index < -0.39 is 0 Å². The fourth-order valence-electron chi connectivity index (χ4n) is 3.26. The van der Waals surface area contributed by atoms with Crippen LogP contribution in [0.2, 0.25) is 0 Å². The maximum Gasteiger partial charge on any atom is 0.225 e. The van der Waals surface area contributed by atoms with Crippen molar-refractivity contribution in [2.75, 3.05) is 19.7 Å². The van der Waals surface area contributed by atoms with Crippen LogP contribution < -0.4 is 15.4 Å². The van der Waals surface area contributed by atoms with E-state index in [4.69, 9.17) is 4.74 Å². The lowest BCUT2D eigenvalue weighted by molar-refractivity contribution is -0.126. The highest BCUT2D eigenvalue weighted by Crippen LogP contribution is 2.25. The van der Waals surface area contributed by atoms with Crippen molar-refractivity contribution < 1.29 is 9.53 Å². The third-order valence-corrected chi connectivity index (χ3v) is 4.61. The normalized spacial score (nSPS) is 18.4. The highest BCUT2D eigenvalue weighted by atomic mass is 16.5. The summed E-state index contributed by atoms with van der Waals surface area (Å²) in [5.41, 5.74) is 2.15. The monoisotopic (exact) mass is 338 g/mol. The van der Waals surface area contributed by atoms with Gasteiger partial charge < -0.3 is 15.4 Å². The largest absolute Gasteiger partial charge is 0.494 e. The zero-order valence-corrected chi connectivity index (χ0v) is 14.7. The average Bonchev–Trinajstić information content (AvgIpc) is 2.68. The lowest BCUT2D eigenvalue weighted by Gasteiger charge is -2.26. The number of piperidine rings is 1. The van der Waals surface area contributed by atoms with Gasteiger partial charge in [-0.1, -0.05) is 42.5 Å². The summed E-state index contributed by atoms with van der Waals surface area (Å²) in [6.07, 6.45) is 2.00. The topological polar surface area (TPSA) is 50.4 Å². The second kappa shape index (κ2) is 8.67. The van der Waals surface area contributed by atoms with Gasteiger partial charge in [-0.05, 0) is 49.6 Å². The molecule has 0 spiro atoms. The Morgan fingerprint density at radius 3 is 2.52 bits per heavy atom. The molecule has 1 aliphatic rings. The molecule has 2 N–H and O–H groups in total. The van der Waals surface area contributed by atoms with Crippen molar-refractivity contribution in [3.8, 4) is 5.75 Å². The second-order valence-electron chi connectivity index (χ2n) is 6.40. The Balaban J connectivity index is 1.81. The van der Waals surface area contributed by atoms with Crippen molar-refractivity contribution in [3.05, 3.63) is 65.7 Å². The molecule has 2 aromatic carbocycles. The van der Waals surface area contributed by atoms with Crippen molar-refractivity contribution in [3.63, 3.8) is 0 Å². The summed E-state index contributed by atoms with van der Waals surface area (Å²) in [5.74, 6) is 1.01. The molecule has 0 aromatic heterocycles. The quantitative estimate of drug-likeness (QED) is 0.850. The first-order chi connectivity index (χ1) is 12.3. The van der Waals surface area contributed by atoms with Crippen molar-refractivity contribution in [1.82, 2.24) is 10.6 Å². The Morgan fingerprint density at radius 2 is 1.88 bits per heavy atom. The van der Waals surface area contributed by atoms with Gasteiger partial charge in [0.25, 0.3) is 0 Å². The average molecular weight is 338 g/mol. The van der Waals surface area contributed by atoms with Crippen LogP contribution in [0.1, 0.15) is 36.9 Å². The van der Waals surface area contributed by atoms with Gasteiger partial charge in [0, 0.05) is 6.54 Å².